The zero-order chi connectivity index (χ0) is 25.0. The lowest BCUT2D eigenvalue weighted by Crippen LogP contribution is -2.27. The number of halogens is 2. The van der Waals surface area contributed by atoms with Crippen molar-refractivity contribution in [2.24, 2.45) is 7.05 Å². The molecule has 0 saturated carbocycles. The van der Waals surface area contributed by atoms with E-state index in [4.69, 9.17) is 4.98 Å². The molecule has 0 spiro atoms. The van der Waals surface area contributed by atoms with E-state index >= 15 is 0 Å². The average Bonchev–Trinajstić information content (AvgIpc) is 3.37. The Balaban J connectivity index is 1.57. The van der Waals surface area contributed by atoms with Crippen LogP contribution < -0.4 is 15.8 Å². The number of carbonyl (C=O) groups is 1. The van der Waals surface area contributed by atoms with Gasteiger partial charge in [-0.25, -0.2) is 18.6 Å². The monoisotopic (exact) mass is 496 g/mol. The van der Waals surface area contributed by atoms with Crippen LogP contribution in [0.25, 0.3) is 10.2 Å². The van der Waals surface area contributed by atoms with Gasteiger partial charge in [0.25, 0.3) is 5.56 Å². The number of carboxylic acid groups (broad SMARTS) is 1. The standard InChI is InChI=1S/C25H22F2N4O3S/c1-12(28-19-7-6-17(27)9-18(19)24(33)34)20-13(2)35-22-21(20)29-25(30(3)23(22)32)31-10-14-4-5-16(26)8-15(14)11-31/h4-9,12,28H,10-11H2,1-3H3,(H,33,34). The number of benzene rings is 2. The quantitative estimate of drug-likeness (QED) is 0.406. The van der Waals surface area contributed by atoms with Crippen molar-refractivity contribution in [3.63, 3.8) is 0 Å². The molecule has 5 rings (SSSR count). The summed E-state index contributed by atoms with van der Waals surface area (Å²) >= 11 is 1.33. The topological polar surface area (TPSA) is 87.5 Å². The minimum absolute atomic E-state index is 0.180. The highest BCUT2D eigenvalue weighted by Crippen LogP contribution is 2.36. The van der Waals surface area contributed by atoms with Gasteiger partial charge in [0.1, 0.15) is 16.3 Å². The van der Waals surface area contributed by atoms with Crippen molar-refractivity contribution in [3.05, 3.63) is 85.5 Å². The summed E-state index contributed by atoms with van der Waals surface area (Å²) in [5, 5.41) is 12.6. The first-order valence-corrected chi connectivity index (χ1v) is 11.8. The smallest absolute Gasteiger partial charge is 0.337 e. The minimum Gasteiger partial charge on any atom is -0.478 e. The van der Waals surface area contributed by atoms with Crippen LogP contribution >= 0.6 is 11.3 Å². The number of thiophene rings is 1. The molecule has 0 fully saturated rings. The number of nitrogens with zero attached hydrogens (tertiary/aromatic N) is 3. The van der Waals surface area contributed by atoms with Gasteiger partial charge in [0.15, 0.2) is 0 Å². The molecule has 2 aromatic heterocycles. The van der Waals surface area contributed by atoms with Crippen LogP contribution in [0.15, 0.2) is 41.2 Å². The maximum Gasteiger partial charge on any atom is 0.337 e. The maximum absolute atomic E-state index is 13.7. The van der Waals surface area contributed by atoms with Crippen LogP contribution in [0.2, 0.25) is 0 Å². The second-order valence-electron chi connectivity index (χ2n) is 8.66. The zero-order valence-electron chi connectivity index (χ0n) is 19.2. The number of rotatable bonds is 5. The Morgan fingerprint density at radius 2 is 1.83 bits per heavy atom. The Morgan fingerprint density at radius 3 is 2.57 bits per heavy atom. The summed E-state index contributed by atoms with van der Waals surface area (Å²) in [6.45, 7) is 4.67. The lowest BCUT2D eigenvalue weighted by atomic mass is 10.1. The molecule has 4 aromatic rings. The van der Waals surface area contributed by atoms with Gasteiger partial charge >= 0.3 is 5.97 Å². The molecule has 0 bridgehead atoms. The second kappa shape index (κ2) is 8.46. The first-order valence-electron chi connectivity index (χ1n) is 11.0. The molecule has 0 aliphatic carbocycles. The molecule has 1 aliphatic rings. The molecule has 3 heterocycles. The molecule has 0 radical (unpaired) electrons. The molecule has 10 heteroatoms. The molecular weight excluding hydrogens is 474 g/mol. The van der Waals surface area contributed by atoms with Crippen molar-refractivity contribution in [3.8, 4) is 0 Å². The van der Waals surface area contributed by atoms with Crippen molar-refractivity contribution < 1.29 is 18.7 Å². The SMILES string of the molecule is Cc1sc2c(=O)n(C)c(N3Cc4ccc(F)cc4C3)nc2c1C(C)Nc1ccc(F)cc1C(=O)O. The molecule has 1 atom stereocenters. The van der Waals surface area contributed by atoms with E-state index in [1.165, 1.54) is 40.2 Å². The lowest BCUT2D eigenvalue weighted by Gasteiger charge is -2.21. The van der Waals surface area contributed by atoms with Crippen molar-refractivity contribution in [1.82, 2.24) is 9.55 Å². The Labute approximate surface area is 203 Å². The van der Waals surface area contributed by atoms with Crippen LogP contribution in [-0.4, -0.2) is 20.6 Å². The van der Waals surface area contributed by atoms with Crippen LogP contribution in [0.1, 0.15) is 44.9 Å². The number of hydrogen-bond acceptors (Lipinski definition) is 6. The number of aromatic carboxylic acids is 1. The Hall–Kier alpha value is -3.79. The molecule has 0 amide bonds. The third-order valence-corrected chi connectivity index (χ3v) is 7.40. The fourth-order valence-electron chi connectivity index (χ4n) is 4.64. The fourth-order valence-corrected chi connectivity index (χ4v) is 5.81. The molecule has 2 aromatic carbocycles. The van der Waals surface area contributed by atoms with Gasteiger partial charge in [-0.15, -0.1) is 11.3 Å². The van der Waals surface area contributed by atoms with Crippen LogP contribution in [0, 0.1) is 18.6 Å². The van der Waals surface area contributed by atoms with Gasteiger partial charge in [-0.3, -0.25) is 9.36 Å². The number of hydrogen-bond donors (Lipinski definition) is 2. The molecule has 1 unspecified atom stereocenters. The highest BCUT2D eigenvalue weighted by molar-refractivity contribution is 7.19. The second-order valence-corrected chi connectivity index (χ2v) is 9.88. The molecule has 180 valence electrons. The number of aryl methyl sites for hydroxylation is 1. The molecular formula is C25H22F2N4O3S. The van der Waals surface area contributed by atoms with E-state index in [9.17, 15) is 23.5 Å². The van der Waals surface area contributed by atoms with E-state index in [-0.39, 0.29) is 22.6 Å². The lowest BCUT2D eigenvalue weighted by molar-refractivity contribution is 0.0697. The van der Waals surface area contributed by atoms with E-state index in [0.717, 1.165) is 27.6 Å². The van der Waals surface area contributed by atoms with E-state index in [2.05, 4.69) is 5.32 Å². The predicted octanol–water partition coefficient (Wildman–Crippen LogP) is 4.97. The predicted molar refractivity (Wildman–Crippen MR) is 131 cm³/mol. The van der Waals surface area contributed by atoms with E-state index in [1.807, 2.05) is 18.7 Å². The third kappa shape index (κ3) is 3.93. The van der Waals surface area contributed by atoms with E-state index in [1.54, 1.807) is 13.1 Å². The molecule has 1 aliphatic heterocycles. The average molecular weight is 497 g/mol. The Bertz CT molecular complexity index is 1560. The highest BCUT2D eigenvalue weighted by atomic mass is 32.1. The van der Waals surface area contributed by atoms with E-state index in [0.29, 0.717) is 29.3 Å². The van der Waals surface area contributed by atoms with Crippen LogP contribution in [0.3, 0.4) is 0 Å². The summed E-state index contributed by atoms with van der Waals surface area (Å²) in [4.78, 5) is 32.6. The van der Waals surface area contributed by atoms with Crippen LogP contribution in [0.4, 0.5) is 20.4 Å². The Kier molecular flexibility index (Phi) is 5.55. The fraction of sp³-hybridized carbons (Fsp3) is 0.240. The van der Waals surface area contributed by atoms with Crippen molar-refractivity contribution in [1.29, 1.82) is 0 Å². The van der Waals surface area contributed by atoms with Gasteiger partial charge in [0.05, 0.1) is 17.1 Å². The van der Waals surface area contributed by atoms with Gasteiger partial charge in [0.2, 0.25) is 5.95 Å². The number of carboxylic acids is 1. The summed E-state index contributed by atoms with van der Waals surface area (Å²) in [6.07, 6.45) is 0. The number of anilines is 2. The number of aromatic nitrogens is 2. The van der Waals surface area contributed by atoms with Gasteiger partial charge in [0, 0.05) is 36.3 Å². The van der Waals surface area contributed by atoms with Crippen molar-refractivity contribution in [2.45, 2.75) is 33.0 Å². The van der Waals surface area contributed by atoms with Gasteiger partial charge in [-0.2, -0.15) is 0 Å². The number of fused-ring (bicyclic) bond motifs is 2. The molecule has 0 saturated heterocycles. The summed E-state index contributed by atoms with van der Waals surface area (Å²) < 4.78 is 29.3. The van der Waals surface area contributed by atoms with Crippen molar-refractivity contribution in [2.75, 3.05) is 10.2 Å². The first-order chi connectivity index (χ1) is 16.6. The molecule has 7 nitrogen and oxygen atoms in total. The van der Waals surface area contributed by atoms with Gasteiger partial charge < -0.3 is 15.3 Å². The highest BCUT2D eigenvalue weighted by Gasteiger charge is 2.27. The summed E-state index contributed by atoms with van der Waals surface area (Å²) in [5.41, 5.74) is 3.04. The maximum atomic E-state index is 13.7. The minimum atomic E-state index is -1.24. The Morgan fingerprint density at radius 1 is 1.14 bits per heavy atom. The summed E-state index contributed by atoms with van der Waals surface area (Å²) in [7, 11) is 1.67. The van der Waals surface area contributed by atoms with Crippen LogP contribution in [0.5, 0.6) is 0 Å². The van der Waals surface area contributed by atoms with Crippen LogP contribution in [-0.2, 0) is 20.1 Å². The molecule has 35 heavy (non-hydrogen) atoms. The zero-order valence-corrected chi connectivity index (χ0v) is 20.0. The third-order valence-electron chi connectivity index (χ3n) is 6.31. The number of nitrogens with one attached hydrogen (secondary N) is 1. The summed E-state index contributed by atoms with van der Waals surface area (Å²) in [5.74, 6) is -1.72. The molecule has 2 N–H and O–H groups in total. The largest absolute Gasteiger partial charge is 0.478 e. The summed E-state index contributed by atoms with van der Waals surface area (Å²) in [6, 6.07) is 7.81. The normalized spacial score (nSPS) is 13.8. The van der Waals surface area contributed by atoms with Gasteiger partial charge in [-0.05, 0) is 55.3 Å². The van der Waals surface area contributed by atoms with Gasteiger partial charge in [-0.1, -0.05) is 6.07 Å². The van der Waals surface area contributed by atoms with Crippen molar-refractivity contribution >= 4 is 39.2 Å². The first kappa shape index (κ1) is 23.0. The van der Waals surface area contributed by atoms with E-state index < -0.39 is 17.8 Å².